The Balaban J connectivity index is 2.95. The number of thioether (sulfide) groups is 1. The smallest absolute Gasteiger partial charge is 0.261 e. The lowest BCUT2D eigenvalue weighted by Gasteiger charge is -2.16. The Hall–Kier alpha value is -0.390. The highest BCUT2D eigenvalue weighted by molar-refractivity contribution is 8.13. The molecule has 0 saturated heterocycles. The van der Waals surface area contributed by atoms with E-state index < -0.39 is 9.05 Å². The summed E-state index contributed by atoms with van der Waals surface area (Å²) >= 11 is 1.88. The molecular weight excluding hydrogens is 328 g/mol. The monoisotopic (exact) mass is 350 g/mol. The lowest BCUT2D eigenvalue weighted by molar-refractivity contribution is 0.316. The quantitative estimate of drug-likeness (QED) is 0.509. The molecule has 120 valence electrons. The summed E-state index contributed by atoms with van der Waals surface area (Å²) in [6.45, 7) is 8.50. The lowest BCUT2D eigenvalue weighted by atomic mass is 10.0. The molecule has 0 radical (unpaired) electrons. The van der Waals surface area contributed by atoms with Crippen LogP contribution in [0.5, 0.6) is 5.75 Å². The molecule has 0 aliphatic heterocycles. The van der Waals surface area contributed by atoms with Crippen molar-refractivity contribution in [3.05, 3.63) is 23.3 Å². The third kappa shape index (κ3) is 5.72. The summed E-state index contributed by atoms with van der Waals surface area (Å²) in [6, 6.07) is 3.41. The molecule has 0 aliphatic carbocycles. The molecule has 3 nitrogen and oxygen atoms in total. The van der Waals surface area contributed by atoms with Gasteiger partial charge in [0.1, 0.15) is 5.75 Å². The molecule has 0 unspecified atom stereocenters. The maximum absolute atomic E-state index is 11.7. The van der Waals surface area contributed by atoms with Crippen molar-refractivity contribution in [3.8, 4) is 5.75 Å². The molecule has 0 saturated carbocycles. The summed E-state index contributed by atoms with van der Waals surface area (Å²) in [4.78, 5) is 0.186. The molecule has 6 heteroatoms. The second kappa shape index (κ2) is 8.30. The molecule has 0 atom stereocenters. The van der Waals surface area contributed by atoms with E-state index in [1.165, 1.54) is 0 Å². The number of halogens is 1. The fourth-order valence-corrected chi connectivity index (χ4v) is 3.89. The van der Waals surface area contributed by atoms with Crippen molar-refractivity contribution in [2.24, 2.45) is 0 Å². The van der Waals surface area contributed by atoms with Crippen LogP contribution in [0.15, 0.2) is 17.0 Å². The average Bonchev–Trinajstić information content (AvgIpc) is 2.38. The van der Waals surface area contributed by atoms with Crippen molar-refractivity contribution >= 4 is 31.5 Å². The molecule has 0 N–H and O–H groups in total. The van der Waals surface area contributed by atoms with Gasteiger partial charge in [0.15, 0.2) is 0 Å². The zero-order valence-electron chi connectivity index (χ0n) is 13.0. The number of hydrogen-bond acceptors (Lipinski definition) is 4. The van der Waals surface area contributed by atoms with Gasteiger partial charge in [-0.2, -0.15) is 11.8 Å². The molecule has 0 amide bonds. The van der Waals surface area contributed by atoms with Crippen LogP contribution < -0.4 is 4.74 Å². The highest BCUT2D eigenvalue weighted by Gasteiger charge is 2.20. The van der Waals surface area contributed by atoms with Crippen molar-refractivity contribution in [2.75, 3.05) is 18.1 Å². The second-order valence-corrected chi connectivity index (χ2v) is 9.08. The topological polar surface area (TPSA) is 43.4 Å². The molecule has 0 heterocycles. The zero-order chi connectivity index (χ0) is 16.0. The Morgan fingerprint density at radius 3 is 2.52 bits per heavy atom. The standard InChI is InChI=1S/C15H23ClO3S2/c1-5-20-8-6-7-19-14-10-13(11(2)3)15(9-12(14)4)21(16,17)18/h9-11H,5-8H2,1-4H3. The molecule has 21 heavy (non-hydrogen) atoms. The van der Waals surface area contributed by atoms with E-state index in [-0.39, 0.29) is 10.8 Å². The zero-order valence-corrected chi connectivity index (χ0v) is 15.4. The highest BCUT2D eigenvalue weighted by atomic mass is 35.7. The van der Waals surface area contributed by atoms with Crippen molar-refractivity contribution in [1.29, 1.82) is 0 Å². The van der Waals surface area contributed by atoms with Crippen LogP contribution in [0.3, 0.4) is 0 Å². The Morgan fingerprint density at radius 1 is 1.33 bits per heavy atom. The summed E-state index contributed by atoms with van der Waals surface area (Å²) in [5, 5.41) is 0. The van der Waals surface area contributed by atoms with Gasteiger partial charge < -0.3 is 4.74 Å². The van der Waals surface area contributed by atoms with Gasteiger partial charge in [-0.05, 0) is 54.0 Å². The molecule has 0 spiro atoms. The molecule has 0 aliphatic rings. The van der Waals surface area contributed by atoms with Crippen molar-refractivity contribution in [1.82, 2.24) is 0 Å². The minimum atomic E-state index is -3.74. The Morgan fingerprint density at radius 2 is 2.00 bits per heavy atom. The third-order valence-electron chi connectivity index (χ3n) is 3.09. The predicted octanol–water partition coefficient (Wildman–Crippen LogP) is 4.57. The van der Waals surface area contributed by atoms with Crippen molar-refractivity contribution < 1.29 is 13.2 Å². The van der Waals surface area contributed by atoms with Gasteiger partial charge in [-0.3, -0.25) is 0 Å². The van der Waals surface area contributed by atoms with E-state index in [0.29, 0.717) is 12.2 Å². The minimum absolute atomic E-state index is 0.0621. The number of aryl methyl sites for hydroxylation is 1. The van der Waals surface area contributed by atoms with E-state index >= 15 is 0 Å². The van der Waals surface area contributed by atoms with Gasteiger partial charge in [0, 0.05) is 10.7 Å². The van der Waals surface area contributed by atoms with E-state index in [2.05, 4.69) is 6.92 Å². The van der Waals surface area contributed by atoms with Crippen LogP contribution in [0.1, 0.15) is 44.2 Å². The maximum atomic E-state index is 11.7. The van der Waals surface area contributed by atoms with Crippen LogP contribution >= 0.6 is 22.4 Å². The average molecular weight is 351 g/mol. The lowest BCUT2D eigenvalue weighted by Crippen LogP contribution is -2.05. The summed E-state index contributed by atoms with van der Waals surface area (Å²) < 4.78 is 29.1. The van der Waals surface area contributed by atoms with E-state index in [1.54, 1.807) is 6.07 Å². The van der Waals surface area contributed by atoms with Crippen LogP contribution in [-0.4, -0.2) is 26.5 Å². The maximum Gasteiger partial charge on any atom is 0.261 e. The molecule has 0 fully saturated rings. The first-order valence-electron chi connectivity index (χ1n) is 7.07. The van der Waals surface area contributed by atoms with E-state index in [0.717, 1.165) is 29.2 Å². The van der Waals surface area contributed by atoms with Crippen LogP contribution in [0.2, 0.25) is 0 Å². The summed E-state index contributed by atoms with van der Waals surface area (Å²) in [7, 11) is 1.79. The number of rotatable bonds is 8. The summed E-state index contributed by atoms with van der Waals surface area (Å²) in [5.74, 6) is 2.98. The third-order valence-corrected chi connectivity index (χ3v) is 5.45. The van der Waals surface area contributed by atoms with Gasteiger partial charge in [-0.1, -0.05) is 20.8 Å². The van der Waals surface area contributed by atoms with Crippen LogP contribution in [0.4, 0.5) is 0 Å². The fourth-order valence-electron chi connectivity index (χ4n) is 1.98. The highest BCUT2D eigenvalue weighted by Crippen LogP contribution is 2.32. The normalized spacial score (nSPS) is 11.9. The second-order valence-electron chi connectivity index (χ2n) is 5.15. The van der Waals surface area contributed by atoms with Crippen LogP contribution in [-0.2, 0) is 9.05 Å². The first-order valence-corrected chi connectivity index (χ1v) is 10.5. The van der Waals surface area contributed by atoms with Gasteiger partial charge in [0.25, 0.3) is 9.05 Å². The van der Waals surface area contributed by atoms with Gasteiger partial charge in [-0.15, -0.1) is 0 Å². The predicted molar refractivity (Wildman–Crippen MR) is 91.4 cm³/mol. The van der Waals surface area contributed by atoms with Gasteiger partial charge in [0.2, 0.25) is 0 Å². The first kappa shape index (κ1) is 18.7. The molecule has 0 aromatic heterocycles. The van der Waals surface area contributed by atoms with Gasteiger partial charge >= 0.3 is 0 Å². The molecular formula is C15H23ClO3S2. The van der Waals surface area contributed by atoms with Gasteiger partial charge in [0.05, 0.1) is 11.5 Å². The summed E-state index contributed by atoms with van der Waals surface area (Å²) in [6.07, 6.45) is 0.977. The molecule has 1 aromatic rings. The largest absolute Gasteiger partial charge is 0.493 e. The molecule has 1 rings (SSSR count). The fraction of sp³-hybridized carbons (Fsp3) is 0.600. The molecule has 1 aromatic carbocycles. The van der Waals surface area contributed by atoms with Crippen molar-refractivity contribution in [2.45, 2.75) is 44.9 Å². The Labute approximate surface area is 136 Å². The summed E-state index contributed by atoms with van der Waals surface area (Å²) in [5.41, 5.74) is 1.50. The number of ether oxygens (including phenoxy) is 1. The van der Waals surface area contributed by atoms with Crippen LogP contribution in [0, 0.1) is 6.92 Å². The van der Waals surface area contributed by atoms with Gasteiger partial charge in [-0.25, -0.2) is 8.42 Å². The van der Waals surface area contributed by atoms with E-state index in [1.807, 2.05) is 38.6 Å². The first-order chi connectivity index (χ1) is 9.77. The Kier molecular flexibility index (Phi) is 7.37. The minimum Gasteiger partial charge on any atom is -0.493 e. The number of benzene rings is 1. The van der Waals surface area contributed by atoms with Crippen molar-refractivity contribution in [3.63, 3.8) is 0 Å². The van der Waals surface area contributed by atoms with Crippen LogP contribution in [0.25, 0.3) is 0 Å². The SMILES string of the molecule is CCSCCCOc1cc(C(C)C)c(S(=O)(=O)Cl)cc1C. The van der Waals surface area contributed by atoms with E-state index in [9.17, 15) is 8.42 Å². The molecule has 0 bridgehead atoms. The van der Waals surface area contributed by atoms with E-state index in [4.69, 9.17) is 15.4 Å². The number of hydrogen-bond donors (Lipinski definition) is 0. The Bertz CT molecular complexity index is 569.